The molecule has 38 heteroatoms. The lowest BCUT2D eigenvalue weighted by molar-refractivity contribution is -0.354. The highest BCUT2D eigenvalue weighted by atomic mass is 16.7. The number of guanidine groups is 2. The number of nitrogens with one attached hydrogen (secondary N) is 7. The SMILES string of the molecule is C[C@@H](c1ccccc1)[C@@H]1NC(=O)CNC(=O)[C@H](CO)NC(=O)[C@@H]([C@@H](O)[C@@H]2CN=C(N)N2[C@H]2O[C@H](CO)[C@@H](O)[C@H](O)[C@@H]2O)NC(=O)[C@H]([C@@H](O)[C@@H]2CNC(N)=N2)NC(=O)[C@@H](Cc2ccc(O[C@H]3O[C@H](CO)[C@@H](O[C@H]4O[C@H](CO)[C@@H](OC/C=C/c5ccc(N(C)C)cc5)[C@H](O)[C@@H]4O)[C@H](O)[C@@H]3O)cc2)NC1=O. The molecule has 3 aromatic carbocycles. The summed E-state index contributed by atoms with van der Waals surface area (Å²) in [5.74, 6) is -9.00. The third-order valence-electron chi connectivity index (χ3n) is 18.6. The molecule has 6 heterocycles. The van der Waals surface area contributed by atoms with Gasteiger partial charge >= 0.3 is 0 Å². The summed E-state index contributed by atoms with van der Waals surface area (Å²) < 4.78 is 35.0. The van der Waals surface area contributed by atoms with Crippen LogP contribution < -0.4 is 58.3 Å². The summed E-state index contributed by atoms with van der Waals surface area (Å²) >= 11 is 0. The lowest BCUT2D eigenvalue weighted by Crippen LogP contribution is -2.70. The van der Waals surface area contributed by atoms with Crippen LogP contribution in [0.4, 0.5) is 5.69 Å². The van der Waals surface area contributed by atoms with E-state index in [-0.39, 0.29) is 30.4 Å². The van der Waals surface area contributed by atoms with Gasteiger partial charge in [-0.2, -0.15) is 0 Å². The number of nitrogens with two attached hydrogens (primary N) is 2. The second-order valence-corrected chi connectivity index (χ2v) is 25.7. The molecular formula is C65H91N13O25. The second kappa shape index (κ2) is 35.4. The number of hydrogen-bond donors (Lipinski definition) is 22. The van der Waals surface area contributed by atoms with E-state index < -0.39 is 240 Å². The van der Waals surface area contributed by atoms with E-state index >= 15 is 9.59 Å². The normalized spacial score (nSPS) is 34.6. The lowest BCUT2D eigenvalue weighted by atomic mass is 9.92. The van der Waals surface area contributed by atoms with Crippen LogP contribution in [0.3, 0.4) is 0 Å². The van der Waals surface area contributed by atoms with Crippen molar-refractivity contribution in [3.8, 4) is 5.75 Å². The van der Waals surface area contributed by atoms with Gasteiger partial charge in [-0.05, 0) is 41.0 Å². The third-order valence-corrected chi connectivity index (χ3v) is 18.6. The van der Waals surface area contributed by atoms with Gasteiger partial charge < -0.3 is 153 Å². The smallest absolute Gasteiger partial charge is 0.246 e. The van der Waals surface area contributed by atoms with Crippen LogP contribution in [-0.4, -0.2) is 332 Å². The van der Waals surface area contributed by atoms with Gasteiger partial charge in [0, 0.05) is 38.7 Å². The largest absolute Gasteiger partial charge is 0.462 e. The highest BCUT2D eigenvalue weighted by Crippen LogP contribution is 2.33. The fourth-order valence-electron chi connectivity index (χ4n) is 12.6. The van der Waals surface area contributed by atoms with Crippen LogP contribution in [0, 0.1) is 0 Å². The van der Waals surface area contributed by atoms with Crippen LogP contribution in [0.25, 0.3) is 6.08 Å². The minimum atomic E-state index is -2.35. The molecule has 9 rings (SSSR count). The second-order valence-electron chi connectivity index (χ2n) is 25.7. The zero-order valence-electron chi connectivity index (χ0n) is 56.1. The molecule has 6 aliphatic heterocycles. The zero-order valence-corrected chi connectivity index (χ0v) is 56.1. The molecule has 0 unspecified atom stereocenters. The van der Waals surface area contributed by atoms with Crippen LogP contribution >= 0.6 is 0 Å². The Bertz CT molecular complexity index is 3460. The number of carbonyl (C=O) groups excluding carboxylic acids is 6. The number of aliphatic hydroxyl groups excluding tert-OH is 13. The molecule has 0 aliphatic carbocycles. The van der Waals surface area contributed by atoms with Crippen LogP contribution in [0.1, 0.15) is 29.5 Å². The fourth-order valence-corrected chi connectivity index (χ4v) is 12.6. The molecule has 4 fully saturated rings. The summed E-state index contributed by atoms with van der Waals surface area (Å²) in [6.07, 6.45) is -27.4. The molecule has 3 aromatic rings. The number of carbonyl (C=O) groups is 6. The van der Waals surface area contributed by atoms with E-state index in [2.05, 4.69) is 47.2 Å². The van der Waals surface area contributed by atoms with Crippen molar-refractivity contribution in [3.63, 3.8) is 0 Å². The first-order valence-corrected chi connectivity index (χ1v) is 33.1. The van der Waals surface area contributed by atoms with Gasteiger partial charge in [0.1, 0.15) is 121 Å². The molecular weight excluding hydrogens is 1360 g/mol. The summed E-state index contributed by atoms with van der Waals surface area (Å²) in [7, 11) is 3.82. The van der Waals surface area contributed by atoms with Gasteiger partial charge in [0.05, 0.1) is 58.2 Å². The number of aliphatic imine (C=N–C) groups is 2. The number of hydrogen-bond acceptors (Lipinski definition) is 32. The quantitative estimate of drug-likeness (QED) is 0.0444. The predicted molar refractivity (Wildman–Crippen MR) is 357 cm³/mol. The van der Waals surface area contributed by atoms with Gasteiger partial charge in [-0.3, -0.25) is 33.8 Å². The van der Waals surface area contributed by atoms with Gasteiger partial charge in [-0.1, -0.05) is 73.7 Å². The van der Waals surface area contributed by atoms with Gasteiger partial charge in [-0.15, -0.1) is 0 Å². The Morgan fingerprint density at radius 1 is 0.621 bits per heavy atom. The summed E-state index contributed by atoms with van der Waals surface area (Å²) in [6.45, 7) is -3.87. The number of anilines is 1. The first kappa shape index (κ1) is 78.8. The lowest BCUT2D eigenvalue weighted by Gasteiger charge is -2.46. The van der Waals surface area contributed by atoms with Crippen LogP contribution in [0.15, 0.2) is 94.9 Å². The monoisotopic (exact) mass is 1450 g/mol. The van der Waals surface area contributed by atoms with Gasteiger partial charge in [-0.25, -0.2) is 4.99 Å². The number of amides is 6. The third kappa shape index (κ3) is 18.6. The van der Waals surface area contributed by atoms with Crippen LogP contribution in [-0.2, 0) is 58.9 Å². The minimum Gasteiger partial charge on any atom is -0.462 e. The van der Waals surface area contributed by atoms with Crippen LogP contribution in [0.2, 0.25) is 0 Å². The highest BCUT2D eigenvalue weighted by Gasteiger charge is 2.54. The predicted octanol–water partition coefficient (Wildman–Crippen LogP) is -10.8. The van der Waals surface area contributed by atoms with Crippen molar-refractivity contribution in [1.29, 1.82) is 0 Å². The van der Waals surface area contributed by atoms with Crippen molar-refractivity contribution in [2.75, 3.05) is 71.7 Å². The molecule has 0 bridgehead atoms. The Morgan fingerprint density at radius 2 is 1.22 bits per heavy atom. The molecule has 566 valence electrons. The van der Waals surface area contributed by atoms with E-state index in [1.54, 1.807) is 49.4 Å². The van der Waals surface area contributed by atoms with E-state index in [4.69, 9.17) is 39.9 Å². The van der Waals surface area contributed by atoms with E-state index in [1.165, 1.54) is 24.3 Å². The first-order chi connectivity index (χ1) is 49.2. The average Bonchev–Trinajstić information content (AvgIpc) is 1.75. The Hall–Kier alpha value is -8.36. The Balaban J connectivity index is 0.961. The number of ether oxygens (including phenoxy) is 6. The van der Waals surface area contributed by atoms with Gasteiger partial charge in [0.2, 0.25) is 41.7 Å². The Kier molecular flexibility index (Phi) is 27.1. The topological polar surface area (TPSA) is 588 Å². The molecule has 24 N–H and O–H groups in total. The molecule has 6 aliphatic rings. The Morgan fingerprint density at radius 3 is 1.86 bits per heavy atom. The first-order valence-electron chi connectivity index (χ1n) is 33.1. The van der Waals surface area contributed by atoms with Gasteiger partial charge in [0.25, 0.3) is 0 Å². The van der Waals surface area contributed by atoms with Crippen molar-refractivity contribution in [1.82, 2.24) is 42.1 Å². The van der Waals surface area contributed by atoms with Crippen LogP contribution in [0.5, 0.6) is 5.75 Å². The van der Waals surface area contributed by atoms with E-state index in [0.717, 1.165) is 16.2 Å². The summed E-state index contributed by atoms with van der Waals surface area (Å²) in [4.78, 5) is 98.6. The zero-order chi connectivity index (χ0) is 74.7. The highest BCUT2D eigenvalue weighted by molar-refractivity contribution is 5.98. The summed E-state index contributed by atoms with van der Waals surface area (Å²) in [5, 5.41) is 161. The van der Waals surface area contributed by atoms with Crippen molar-refractivity contribution in [2.24, 2.45) is 21.5 Å². The molecule has 0 aromatic heterocycles. The molecule has 6 amide bonds. The molecule has 0 spiro atoms. The minimum absolute atomic E-state index is 0.0667. The molecule has 0 saturated carbocycles. The van der Waals surface area contributed by atoms with E-state index in [9.17, 15) is 85.6 Å². The molecule has 103 heavy (non-hydrogen) atoms. The standard InChI is InChI=1S/C65H91N13O25/c1-28(31-9-5-4-6-10-31)42-58(95)71-34(20-30-13-17-33(18-14-30)99-62-53(92)50(89)55(40(27-82)102-62)103-63-52(91)49(88)54(39(26-81)101-63)98-19-7-8-29-11-15-32(16-12-29)77(2)3)57(94)75-43(45(84)35-21-69-64(66)73-35)60(97)76-44(59(96)72-36(24-79)56(93)68-23-41(83)74-42)46(85)37-22-70-65(67)78(37)61-51(90)48(87)47(86)38(25-80)100-61/h4-18,28,34-40,42-55,61-63,79-82,84-92H,19-27H2,1-3H3,(H2,67,70)(H,68,93)(H,71,95)(H,72,96)(H,74,83)(H,75,94)(H,76,97)(H3,66,69,73)/b8-7+/t28-,34+,35-,36-,37-,38+,39+,40+,42-,43-,44+,45-,46-,47+,48-,49+,50+,51-,52-,53-,54+,55+,61-,62-,63+/m0/s1. The number of nitrogens with zero attached hydrogens (tertiary/aromatic N) is 4. The maximum atomic E-state index is 15.2. The molecule has 38 nitrogen and oxygen atoms in total. The average molecular weight is 1450 g/mol. The molecule has 25 atom stereocenters. The van der Waals surface area contributed by atoms with Gasteiger partial charge in [0.15, 0.2) is 24.4 Å². The van der Waals surface area contributed by atoms with E-state index in [0.29, 0.717) is 5.56 Å². The fraction of sp³-hybridized carbons (Fsp3) is 0.569. The van der Waals surface area contributed by atoms with Crippen molar-refractivity contribution in [2.45, 2.75) is 166 Å². The Labute approximate surface area is 589 Å². The number of rotatable bonds is 22. The van der Waals surface area contributed by atoms with Crippen molar-refractivity contribution >= 4 is 59.1 Å². The van der Waals surface area contributed by atoms with Crippen molar-refractivity contribution < 1.29 is 124 Å². The number of aliphatic hydroxyl groups is 13. The summed E-state index contributed by atoms with van der Waals surface area (Å²) in [5.41, 5.74) is 14.7. The summed E-state index contributed by atoms with van der Waals surface area (Å²) in [6, 6.07) is 8.40. The maximum absolute atomic E-state index is 15.2. The maximum Gasteiger partial charge on any atom is 0.246 e. The van der Waals surface area contributed by atoms with E-state index in [1.807, 2.05) is 43.3 Å². The number of benzene rings is 3. The molecule has 0 radical (unpaired) electrons. The molecule has 4 saturated heterocycles. The van der Waals surface area contributed by atoms with Crippen molar-refractivity contribution in [3.05, 3.63) is 102 Å².